The van der Waals surface area contributed by atoms with Gasteiger partial charge in [0.1, 0.15) is 6.04 Å². The van der Waals surface area contributed by atoms with Crippen molar-refractivity contribution >= 4 is 17.5 Å². The third-order valence-electron chi connectivity index (χ3n) is 2.40. The van der Waals surface area contributed by atoms with E-state index in [1.54, 1.807) is 25.1 Å². The topological polar surface area (TPSA) is 75.4 Å². The molecule has 5 heteroatoms. The van der Waals surface area contributed by atoms with Crippen molar-refractivity contribution < 1.29 is 9.59 Å². The number of hydrogen-bond acceptors (Lipinski definition) is 3. The zero-order valence-corrected chi connectivity index (χ0v) is 10.2. The number of benzene rings is 1. The summed E-state index contributed by atoms with van der Waals surface area (Å²) in [6, 6.07) is 6.46. The normalized spacial score (nSPS) is 11.7. The lowest BCUT2D eigenvalue weighted by Gasteiger charge is -2.14. The molecular weight excluding hydrogens is 218 g/mol. The monoisotopic (exact) mass is 235 g/mol. The number of carbonyl (C=O) groups is 2. The van der Waals surface area contributed by atoms with Crippen molar-refractivity contribution in [1.29, 1.82) is 0 Å². The lowest BCUT2D eigenvalue weighted by Crippen LogP contribution is -2.42. The molecule has 0 aliphatic carbocycles. The predicted octanol–water partition coefficient (Wildman–Crippen LogP) is 0.356. The summed E-state index contributed by atoms with van der Waals surface area (Å²) >= 11 is 0. The van der Waals surface area contributed by atoms with Gasteiger partial charge in [0.25, 0.3) is 5.91 Å². The molecular formula is C12H17N3O2. The van der Waals surface area contributed by atoms with Gasteiger partial charge in [-0.15, -0.1) is 0 Å². The first kappa shape index (κ1) is 13.0. The Morgan fingerprint density at radius 2 is 2.00 bits per heavy atom. The summed E-state index contributed by atoms with van der Waals surface area (Å²) in [5, 5.41) is 2.53. The molecule has 1 aromatic carbocycles. The first-order valence-corrected chi connectivity index (χ1v) is 5.29. The molecule has 17 heavy (non-hydrogen) atoms. The number of nitrogens with two attached hydrogens (primary N) is 1. The molecule has 0 bridgehead atoms. The van der Waals surface area contributed by atoms with E-state index in [0.717, 1.165) is 5.69 Å². The van der Waals surface area contributed by atoms with Crippen molar-refractivity contribution in [3.63, 3.8) is 0 Å². The van der Waals surface area contributed by atoms with Gasteiger partial charge >= 0.3 is 0 Å². The van der Waals surface area contributed by atoms with Crippen molar-refractivity contribution in [1.82, 2.24) is 5.32 Å². The van der Waals surface area contributed by atoms with E-state index >= 15 is 0 Å². The molecule has 0 aromatic heterocycles. The minimum Gasteiger partial charge on any atom is -0.378 e. The van der Waals surface area contributed by atoms with Crippen LogP contribution in [0.25, 0.3) is 0 Å². The summed E-state index contributed by atoms with van der Waals surface area (Å²) in [4.78, 5) is 24.5. The molecule has 0 saturated carbocycles. The quantitative estimate of drug-likeness (QED) is 0.791. The molecule has 1 rings (SSSR count). The van der Waals surface area contributed by atoms with Crippen LogP contribution in [0.15, 0.2) is 24.3 Å². The molecule has 92 valence electrons. The molecule has 0 heterocycles. The molecule has 1 unspecified atom stereocenters. The molecule has 1 aromatic rings. The fourth-order valence-corrected chi connectivity index (χ4v) is 1.28. The van der Waals surface area contributed by atoms with Crippen LogP contribution in [0.2, 0.25) is 0 Å². The van der Waals surface area contributed by atoms with E-state index in [2.05, 4.69) is 5.32 Å². The molecule has 0 fully saturated rings. The van der Waals surface area contributed by atoms with Crippen LogP contribution in [0, 0.1) is 0 Å². The number of rotatable bonds is 4. The SMILES string of the molecule is CC(NC(=O)c1cccc(N(C)C)c1)C(N)=O. The molecule has 0 aliphatic rings. The van der Waals surface area contributed by atoms with E-state index in [-0.39, 0.29) is 5.91 Å². The number of hydrogen-bond donors (Lipinski definition) is 2. The zero-order valence-electron chi connectivity index (χ0n) is 10.2. The second-order valence-electron chi connectivity index (χ2n) is 4.04. The van der Waals surface area contributed by atoms with Crippen LogP contribution in [0.5, 0.6) is 0 Å². The average molecular weight is 235 g/mol. The number of amides is 2. The van der Waals surface area contributed by atoms with Gasteiger partial charge in [-0.2, -0.15) is 0 Å². The Morgan fingerprint density at radius 1 is 1.35 bits per heavy atom. The Bertz CT molecular complexity index is 430. The molecule has 3 N–H and O–H groups in total. The summed E-state index contributed by atoms with van der Waals surface area (Å²) in [5.41, 5.74) is 6.50. The smallest absolute Gasteiger partial charge is 0.251 e. The van der Waals surface area contributed by atoms with Crippen LogP contribution < -0.4 is 16.0 Å². The Kier molecular flexibility index (Phi) is 4.09. The van der Waals surface area contributed by atoms with Crippen LogP contribution >= 0.6 is 0 Å². The largest absolute Gasteiger partial charge is 0.378 e. The number of nitrogens with one attached hydrogen (secondary N) is 1. The molecule has 5 nitrogen and oxygen atoms in total. The number of anilines is 1. The van der Waals surface area contributed by atoms with E-state index in [1.807, 2.05) is 25.1 Å². The lowest BCUT2D eigenvalue weighted by molar-refractivity contribution is -0.119. The molecule has 0 aliphatic heterocycles. The van der Waals surface area contributed by atoms with Gasteiger partial charge in [-0.05, 0) is 25.1 Å². The molecule has 0 spiro atoms. The summed E-state index contributed by atoms with van der Waals surface area (Å²) < 4.78 is 0. The summed E-state index contributed by atoms with van der Waals surface area (Å²) in [6.07, 6.45) is 0. The van der Waals surface area contributed by atoms with Gasteiger partial charge in [-0.3, -0.25) is 9.59 Å². The van der Waals surface area contributed by atoms with E-state index < -0.39 is 11.9 Å². The van der Waals surface area contributed by atoms with Crippen LogP contribution in [-0.2, 0) is 4.79 Å². The third-order valence-corrected chi connectivity index (χ3v) is 2.40. The van der Waals surface area contributed by atoms with E-state index in [4.69, 9.17) is 5.73 Å². The summed E-state index contributed by atoms with van der Waals surface area (Å²) in [7, 11) is 3.78. The Morgan fingerprint density at radius 3 is 2.53 bits per heavy atom. The number of nitrogens with zero attached hydrogens (tertiary/aromatic N) is 1. The van der Waals surface area contributed by atoms with Crippen LogP contribution in [0.3, 0.4) is 0 Å². The van der Waals surface area contributed by atoms with Crippen molar-refractivity contribution in [2.75, 3.05) is 19.0 Å². The van der Waals surface area contributed by atoms with Gasteiger partial charge in [0.05, 0.1) is 0 Å². The molecule has 0 saturated heterocycles. The van der Waals surface area contributed by atoms with E-state index in [1.165, 1.54) is 0 Å². The van der Waals surface area contributed by atoms with E-state index in [0.29, 0.717) is 5.56 Å². The highest BCUT2D eigenvalue weighted by Gasteiger charge is 2.13. The summed E-state index contributed by atoms with van der Waals surface area (Å²) in [6.45, 7) is 1.55. The average Bonchev–Trinajstić information content (AvgIpc) is 2.28. The molecule has 2 amide bonds. The Balaban J connectivity index is 2.82. The van der Waals surface area contributed by atoms with Crippen molar-refractivity contribution in [2.45, 2.75) is 13.0 Å². The van der Waals surface area contributed by atoms with Crippen molar-refractivity contribution in [3.8, 4) is 0 Å². The molecule has 1 atom stereocenters. The highest BCUT2D eigenvalue weighted by molar-refractivity contribution is 5.97. The highest BCUT2D eigenvalue weighted by atomic mass is 16.2. The fraction of sp³-hybridized carbons (Fsp3) is 0.333. The minimum absolute atomic E-state index is 0.306. The number of carbonyl (C=O) groups excluding carboxylic acids is 2. The maximum atomic E-state index is 11.8. The Hall–Kier alpha value is -2.04. The van der Waals surface area contributed by atoms with Gasteiger partial charge in [0.2, 0.25) is 5.91 Å². The van der Waals surface area contributed by atoms with Crippen molar-refractivity contribution in [3.05, 3.63) is 29.8 Å². The first-order chi connectivity index (χ1) is 7.91. The zero-order chi connectivity index (χ0) is 13.0. The van der Waals surface area contributed by atoms with Crippen molar-refractivity contribution in [2.24, 2.45) is 5.73 Å². The second-order valence-corrected chi connectivity index (χ2v) is 4.04. The predicted molar refractivity (Wildman–Crippen MR) is 66.9 cm³/mol. The van der Waals surface area contributed by atoms with Gasteiger partial charge in [0, 0.05) is 25.3 Å². The van der Waals surface area contributed by atoms with Gasteiger partial charge < -0.3 is 16.0 Å². The third kappa shape index (κ3) is 3.48. The van der Waals surface area contributed by atoms with Gasteiger partial charge in [-0.1, -0.05) is 6.07 Å². The number of primary amides is 1. The second kappa shape index (κ2) is 5.34. The standard InChI is InChI=1S/C12H17N3O2/c1-8(11(13)16)14-12(17)9-5-4-6-10(7-9)15(2)3/h4-8H,1-3H3,(H2,13,16)(H,14,17). The van der Waals surface area contributed by atoms with Crippen LogP contribution in [-0.4, -0.2) is 32.0 Å². The summed E-state index contributed by atoms with van der Waals surface area (Å²) in [5.74, 6) is -0.859. The maximum Gasteiger partial charge on any atom is 0.251 e. The van der Waals surface area contributed by atoms with Crippen LogP contribution in [0.4, 0.5) is 5.69 Å². The maximum absolute atomic E-state index is 11.8. The van der Waals surface area contributed by atoms with Crippen LogP contribution in [0.1, 0.15) is 17.3 Å². The first-order valence-electron chi connectivity index (χ1n) is 5.29. The lowest BCUT2D eigenvalue weighted by atomic mass is 10.1. The highest BCUT2D eigenvalue weighted by Crippen LogP contribution is 2.13. The fourth-order valence-electron chi connectivity index (χ4n) is 1.28. The minimum atomic E-state index is -0.675. The molecule has 0 radical (unpaired) electrons. The van der Waals surface area contributed by atoms with E-state index in [9.17, 15) is 9.59 Å². The van der Waals surface area contributed by atoms with Gasteiger partial charge in [-0.25, -0.2) is 0 Å². The van der Waals surface area contributed by atoms with Gasteiger partial charge in [0.15, 0.2) is 0 Å². The Labute approximate surface area is 101 Å².